The highest BCUT2D eigenvalue weighted by atomic mass is 32.1. The Labute approximate surface area is 275 Å². The lowest BCUT2D eigenvalue weighted by Gasteiger charge is -2.29. The lowest BCUT2D eigenvalue weighted by atomic mass is 9.98. The van der Waals surface area contributed by atoms with Crippen LogP contribution in [0.1, 0.15) is 99.2 Å². The minimum absolute atomic E-state index is 0.0726. The molecule has 0 radical (unpaired) electrons. The average Bonchev–Trinajstić information content (AvgIpc) is 3.85. The Balaban J connectivity index is 1.63. The van der Waals surface area contributed by atoms with Crippen molar-refractivity contribution in [3.8, 4) is 10.4 Å². The third-order valence-electron chi connectivity index (χ3n) is 9.16. The van der Waals surface area contributed by atoms with E-state index in [1.54, 1.807) is 34.8 Å². The first-order chi connectivity index (χ1) is 21.8. The fraction of sp³-hybridized carbons (Fsp3) is 0.432. The van der Waals surface area contributed by atoms with Gasteiger partial charge in [-0.25, -0.2) is 4.79 Å². The number of unbranched alkanes of at least 4 members (excludes halogenated alkanes) is 2. The molecule has 0 saturated heterocycles. The molecule has 0 fully saturated rings. The molecule has 45 heavy (non-hydrogen) atoms. The van der Waals surface area contributed by atoms with Crippen molar-refractivity contribution in [2.24, 2.45) is 11.8 Å². The Bertz CT molecular complexity index is 1580. The van der Waals surface area contributed by atoms with Crippen LogP contribution in [0.3, 0.4) is 0 Å². The van der Waals surface area contributed by atoms with Crippen LogP contribution in [0.2, 0.25) is 0 Å². The zero-order valence-corrected chi connectivity index (χ0v) is 28.4. The van der Waals surface area contributed by atoms with Gasteiger partial charge in [-0.1, -0.05) is 84.4 Å². The highest BCUT2D eigenvalue weighted by Gasteiger charge is 2.49. The predicted octanol–water partition coefficient (Wildman–Crippen LogP) is 9.41. The molecule has 2 unspecified atom stereocenters. The van der Waals surface area contributed by atoms with E-state index in [9.17, 15) is 19.5 Å². The monoisotopic (exact) mass is 644 g/mol. The summed E-state index contributed by atoms with van der Waals surface area (Å²) < 4.78 is 0. The van der Waals surface area contributed by atoms with Crippen molar-refractivity contribution in [1.29, 1.82) is 0 Å². The Morgan fingerprint density at radius 2 is 1.27 bits per heavy atom. The molecule has 2 aliphatic heterocycles. The van der Waals surface area contributed by atoms with Crippen molar-refractivity contribution in [2.45, 2.75) is 79.1 Å². The molecule has 238 valence electrons. The maximum absolute atomic E-state index is 14.6. The molecule has 0 aliphatic carbocycles. The van der Waals surface area contributed by atoms with Crippen molar-refractivity contribution in [3.05, 3.63) is 80.4 Å². The second-order valence-electron chi connectivity index (χ2n) is 12.1. The number of benzene rings is 1. The van der Waals surface area contributed by atoms with Crippen LogP contribution in [0.4, 0.5) is 0 Å². The minimum Gasteiger partial charge on any atom is -0.478 e. The van der Waals surface area contributed by atoms with Gasteiger partial charge in [0.2, 0.25) is 0 Å². The first kappa shape index (κ1) is 32.9. The largest absolute Gasteiger partial charge is 0.478 e. The number of amides is 2. The number of carboxylic acid groups (broad SMARTS) is 1. The molecule has 2 atom stereocenters. The van der Waals surface area contributed by atoms with Gasteiger partial charge in [-0.15, -0.1) is 22.7 Å². The van der Waals surface area contributed by atoms with Gasteiger partial charge in [0, 0.05) is 18.0 Å². The lowest BCUT2D eigenvalue weighted by molar-refractivity contribution is -0.124. The molecule has 0 saturated carbocycles. The number of hydrogen-bond donors (Lipinski definition) is 1. The predicted molar refractivity (Wildman–Crippen MR) is 185 cm³/mol. The van der Waals surface area contributed by atoms with Crippen molar-refractivity contribution in [1.82, 2.24) is 9.80 Å². The van der Waals surface area contributed by atoms with Crippen LogP contribution in [0.15, 0.2) is 65.1 Å². The third-order valence-corrected chi connectivity index (χ3v) is 11.2. The Kier molecular flexibility index (Phi) is 10.8. The van der Waals surface area contributed by atoms with Gasteiger partial charge in [0.1, 0.15) is 0 Å². The van der Waals surface area contributed by atoms with E-state index in [1.807, 2.05) is 51.6 Å². The molecule has 2 amide bonds. The number of fused-ring (bicyclic) bond motifs is 1. The fourth-order valence-corrected chi connectivity index (χ4v) is 8.28. The van der Waals surface area contributed by atoms with Gasteiger partial charge >= 0.3 is 5.97 Å². The molecule has 0 spiro atoms. The summed E-state index contributed by atoms with van der Waals surface area (Å²) in [5.41, 5.74) is 3.73. The fourth-order valence-electron chi connectivity index (χ4n) is 6.42. The highest BCUT2D eigenvalue weighted by molar-refractivity contribution is 7.16. The Morgan fingerprint density at radius 1 is 0.733 bits per heavy atom. The molecule has 2 aromatic heterocycles. The van der Waals surface area contributed by atoms with Crippen LogP contribution in [-0.4, -0.2) is 45.8 Å². The Morgan fingerprint density at radius 3 is 1.73 bits per heavy atom. The third kappa shape index (κ3) is 6.73. The average molecular weight is 645 g/mol. The maximum Gasteiger partial charge on any atom is 0.335 e. The van der Waals surface area contributed by atoms with E-state index >= 15 is 0 Å². The molecule has 1 N–H and O–H groups in total. The van der Waals surface area contributed by atoms with E-state index in [0.29, 0.717) is 36.1 Å². The molecule has 4 heterocycles. The zero-order chi connectivity index (χ0) is 32.1. The Hall–Kier alpha value is -3.49. The molecule has 8 heteroatoms. The van der Waals surface area contributed by atoms with Crippen LogP contribution >= 0.6 is 22.7 Å². The molecule has 3 aromatic rings. The second-order valence-corrected chi connectivity index (χ2v) is 14.2. The summed E-state index contributed by atoms with van der Waals surface area (Å²) in [6.45, 7) is 9.95. The summed E-state index contributed by atoms with van der Waals surface area (Å²) in [6.07, 6.45) is 8.48. The van der Waals surface area contributed by atoms with Crippen molar-refractivity contribution < 1.29 is 19.5 Å². The first-order valence-electron chi connectivity index (χ1n) is 16.4. The van der Waals surface area contributed by atoms with E-state index in [4.69, 9.17) is 0 Å². The maximum atomic E-state index is 14.6. The number of rotatable bonds is 16. The van der Waals surface area contributed by atoms with Gasteiger partial charge in [0.05, 0.1) is 37.9 Å². The van der Waals surface area contributed by atoms with Crippen molar-refractivity contribution in [3.63, 3.8) is 0 Å². The van der Waals surface area contributed by atoms with Crippen molar-refractivity contribution in [2.75, 3.05) is 13.1 Å². The molecule has 6 nitrogen and oxygen atoms in total. The number of hydrogen-bond acceptors (Lipinski definition) is 5. The van der Waals surface area contributed by atoms with Crippen molar-refractivity contribution >= 4 is 51.9 Å². The molecule has 1 aromatic carbocycles. The number of nitrogens with zero attached hydrogens (tertiary/aromatic N) is 2. The van der Waals surface area contributed by atoms with Gasteiger partial charge in [-0.05, 0) is 66.0 Å². The SMILES string of the molecule is CCCCC(CC)CN1C(=O)C2=C(c3ccc(-c4ccc(C(=O)O)cc4)s3)N(CC(CC)CCCC)C(=O)C2=C1c1cccs1. The van der Waals surface area contributed by atoms with Gasteiger partial charge in [-0.2, -0.15) is 0 Å². The van der Waals surface area contributed by atoms with Crippen LogP contribution in [0.5, 0.6) is 0 Å². The number of aromatic carboxylic acids is 1. The summed E-state index contributed by atoms with van der Waals surface area (Å²) in [7, 11) is 0. The zero-order valence-electron chi connectivity index (χ0n) is 26.8. The lowest BCUT2D eigenvalue weighted by Crippen LogP contribution is -2.34. The van der Waals surface area contributed by atoms with Gasteiger partial charge in [0.25, 0.3) is 11.8 Å². The summed E-state index contributed by atoms with van der Waals surface area (Å²) in [5, 5.41) is 11.4. The second kappa shape index (κ2) is 14.7. The molecule has 5 rings (SSSR count). The summed E-state index contributed by atoms with van der Waals surface area (Å²) in [5.74, 6) is -0.409. The van der Waals surface area contributed by atoms with E-state index in [1.165, 1.54) is 0 Å². The molecule has 2 aliphatic rings. The molecular weight excluding hydrogens is 601 g/mol. The van der Waals surface area contributed by atoms with Gasteiger partial charge < -0.3 is 14.9 Å². The normalized spacial score (nSPS) is 16.3. The molecule has 0 bridgehead atoms. The van der Waals surface area contributed by atoms with E-state index in [2.05, 4.69) is 27.7 Å². The first-order valence-corrected chi connectivity index (χ1v) is 18.1. The summed E-state index contributed by atoms with van der Waals surface area (Å²) in [6, 6.07) is 14.9. The smallest absolute Gasteiger partial charge is 0.335 e. The highest BCUT2D eigenvalue weighted by Crippen LogP contribution is 2.49. The van der Waals surface area contributed by atoms with E-state index in [-0.39, 0.29) is 17.4 Å². The van der Waals surface area contributed by atoms with Crippen LogP contribution < -0.4 is 0 Å². The standard InChI is InChI=1S/C37H44N2O4S2/c1-5-9-12-24(7-3)22-38-33(29-14-11-21-44-29)31-32(36(38)41)34(39(35(31)40)23-25(8-4)13-10-6-2)30-20-19-28(45-30)26-15-17-27(18-16-26)37(42)43/h11,14-21,24-25H,5-10,12-13,22-23H2,1-4H3,(H,42,43). The summed E-state index contributed by atoms with van der Waals surface area (Å²) >= 11 is 3.12. The van der Waals surface area contributed by atoms with Gasteiger partial charge in [0.15, 0.2) is 0 Å². The quantitative estimate of drug-likeness (QED) is 0.169. The number of thiophene rings is 2. The van der Waals surface area contributed by atoms with Crippen LogP contribution in [0, 0.1) is 11.8 Å². The summed E-state index contributed by atoms with van der Waals surface area (Å²) in [4.78, 5) is 47.2. The topological polar surface area (TPSA) is 77.9 Å². The minimum atomic E-state index is -0.959. The number of carbonyl (C=O) groups excluding carboxylic acids is 2. The molecular formula is C37H44N2O4S2. The van der Waals surface area contributed by atoms with Crippen LogP contribution in [0.25, 0.3) is 21.8 Å². The number of carbonyl (C=O) groups is 3. The van der Waals surface area contributed by atoms with Gasteiger partial charge in [-0.3, -0.25) is 9.59 Å². The van der Waals surface area contributed by atoms with Crippen LogP contribution in [-0.2, 0) is 9.59 Å². The van der Waals surface area contributed by atoms with E-state index in [0.717, 1.165) is 83.0 Å². The number of carboxylic acids is 1. The van der Waals surface area contributed by atoms with E-state index < -0.39 is 5.97 Å².